The molecule has 0 aliphatic rings. The molecule has 0 spiro atoms. The standard InChI is InChI=1S/C11H17N3O2S/c1-8-7-14-10(6-12-16-5-4-15-3)9(2)13-11(14)17-8/h7,12H,4-6H2,1-3H3. The molecule has 0 saturated carbocycles. The summed E-state index contributed by atoms with van der Waals surface area (Å²) in [6, 6.07) is 0. The molecule has 94 valence electrons. The van der Waals surface area contributed by atoms with Crippen LogP contribution in [0.25, 0.3) is 4.96 Å². The summed E-state index contributed by atoms with van der Waals surface area (Å²) in [4.78, 5) is 12.0. The lowest BCUT2D eigenvalue weighted by Crippen LogP contribution is -2.18. The summed E-state index contributed by atoms with van der Waals surface area (Å²) in [5.74, 6) is 0. The summed E-state index contributed by atoms with van der Waals surface area (Å²) < 4.78 is 7.01. The van der Waals surface area contributed by atoms with Crippen LogP contribution >= 0.6 is 11.3 Å². The molecule has 2 aromatic heterocycles. The Kier molecular flexibility index (Phi) is 4.11. The van der Waals surface area contributed by atoms with Crippen LogP contribution in [0.5, 0.6) is 0 Å². The van der Waals surface area contributed by atoms with Gasteiger partial charge in [0.25, 0.3) is 0 Å². The SMILES string of the molecule is COCCONCc1c(C)nc2sc(C)cn12. The van der Waals surface area contributed by atoms with Crippen molar-refractivity contribution in [3.8, 4) is 0 Å². The van der Waals surface area contributed by atoms with Crippen molar-refractivity contribution < 1.29 is 9.57 Å². The van der Waals surface area contributed by atoms with Crippen LogP contribution in [0.3, 0.4) is 0 Å². The molecule has 0 aromatic carbocycles. The van der Waals surface area contributed by atoms with E-state index in [0.717, 1.165) is 16.3 Å². The lowest BCUT2D eigenvalue weighted by atomic mass is 10.3. The molecule has 5 nitrogen and oxygen atoms in total. The fourth-order valence-corrected chi connectivity index (χ4v) is 2.53. The molecule has 0 aliphatic carbocycles. The van der Waals surface area contributed by atoms with E-state index >= 15 is 0 Å². The molecule has 6 heteroatoms. The van der Waals surface area contributed by atoms with Crippen LogP contribution in [0, 0.1) is 13.8 Å². The number of methoxy groups -OCH3 is 1. The van der Waals surface area contributed by atoms with E-state index in [4.69, 9.17) is 9.57 Å². The minimum Gasteiger partial charge on any atom is -0.382 e. The monoisotopic (exact) mass is 255 g/mol. The van der Waals surface area contributed by atoms with E-state index < -0.39 is 0 Å². The van der Waals surface area contributed by atoms with Gasteiger partial charge in [-0.05, 0) is 13.8 Å². The minimum atomic E-state index is 0.542. The molecule has 0 fully saturated rings. The number of hydrogen-bond acceptors (Lipinski definition) is 5. The molecule has 2 aromatic rings. The van der Waals surface area contributed by atoms with Crippen LogP contribution in [0.15, 0.2) is 6.20 Å². The van der Waals surface area contributed by atoms with E-state index in [2.05, 4.69) is 28.0 Å². The van der Waals surface area contributed by atoms with E-state index in [1.165, 1.54) is 4.88 Å². The number of rotatable bonds is 6. The van der Waals surface area contributed by atoms with E-state index in [1.54, 1.807) is 18.4 Å². The average molecular weight is 255 g/mol. The Balaban J connectivity index is 1.99. The van der Waals surface area contributed by atoms with Gasteiger partial charge in [0, 0.05) is 18.2 Å². The topological polar surface area (TPSA) is 47.8 Å². The Morgan fingerprint density at radius 3 is 3.00 bits per heavy atom. The van der Waals surface area contributed by atoms with E-state index in [1.807, 2.05) is 6.92 Å². The van der Waals surface area contributed by atoms with Crippen LogP contribution in [-0.4, -0.2) is 29.7 Å². The number of fused-ring (bicyclic) bond motifs is 1. The number of imidazole rings is 1. The summed E-state index contributed by atoms with van der Waals surface area (Å²) in [5.41, 5.74) is 5.11. The molecule has 0 aliphatic heterocycles. The average Bonchev–Trinajstić information content (AvgIpc) is 2.75. The third-order valence-electron chi connectivity index (χ3n) is 2.47. The summed E-state index contributed by atoms with van der Waals surface area (Å²) in [6.45, 7) is 5.88. The maximum Gasteiger partial charge on any atom is 0.194 e. The van der Waals surface area contributed by atoms with Crippen molar-refractivity contribution in [2.24, 2.45) is 0 Å². The zero-order valence-corrected chi connectivity index (χ0v) is 11.1. The fraction of sp³-hybridized carbons (Fsp3) is 0.545. The maximum absolute atomic E-state index is 5.25. The normalized spacial score (nSPS) is 11.5. The Hall–Kier alpha value is -0.950. The largest absolute Gasteiger partial charge is 0.382 e. The van der Waals surface area contributed by atoms with Crippen molar-refractivity contribution in [1.82, 2.24) is 14.9 Å². The van der Waals surface area contributed by atoms with Crippen molar-refractivity contribution in [2.75, 3.05) is 20.3 Å². The summed E-state index contributed by atoms with van der Waals surface area (Å²) in [6.07, 6.45) is 2.10. The highest BCUT2D eigenvalue weighted by atomic mass is 32.1. The molecule has 17 heavy (non-hydrogen) atoms. The Labute approximate surface area is 104 Å². The Morgan fingerprint density at radius 1 is 1.41 bits per heavy atom. The van der Waals surface area contributed by atoms with Crippen molar-refractivity contribution >= 4 is 16.3 Å². The van der Waals surface area contributed by atoms with Crippen LogP contribution in [-0.2, 0) is 16.1 Å². The molecule has 0 unspecified atom stereocenters. The first-order valence-corrected chi connectivity index (χ1v) is 6.31. The molecule has 0 atom stereocenters. The highest BCUT2D eigenvalue weighted by Crippen LogP contribution is 2.20. The third kappa shape index (κ3) is 2.84. The summed E-state index contributed by atoms with van der Waals surface area (Å²) in [7, 11) is 1.65. The predicted molar refractivity (Wildman–Crippen MR) is 67.2 cm³/mol. The van der Waals surface area contributed by atoms with Crippen LogP contribution < -0.4 is 5.48 Å². The van der Waals surface area contributed by atoms with Gasteiger partial charge in [0.15, 0.2) is 4.96 Å². The number of hydrogen-bond donors (Lipinski definition) is 1. The second-order valence-electron chi connectivity index (χ2n) is 3.80. The summed E-state index contributed by atoms with van der Waals surface area (Å²) >= 11 is 1.70. The van der Waals surface area contributed by atoms with E-state index in [0.29, 0.717) is 19.8 Å². The lowest BCUT2D eigenvalue weighted by Gasteiger charge is -2.05. The minimum absolute atomic E-state index is 0.542. The smallest absolute Gasteiger partial charge is 0.194 e. The van der Waals surface area contributed by atoms with Crippen LogP contribution in [0.2, 0.25) is 0 Å². The molecular weight excluding hydrogens is 238 g/mol. The molecule has 2 rings (SSSR count). The first-order valence-electron chi connectivity index (χ1n) is 5.50. The van der Waals surface area contributed by atoms with Gasteiger partial charge in [0.05, 0.1) is 31.1 Å². The highest BCUT2D eigenvalue weighted by molar-refractivity contribution is 7.17. The zero-order valence-electron chi connectivity index (χ0n) is 10.3. The molecule has 0 amide bonds. The number of nitrogens with zero attached hydrogens (tertiary/aromatic N) is 2. The number of thiazole rings is 1. The first kappa shape index (κ1) is 12.5. The van der Waals surface area contributed by atoms with Gasteiger partial charge in [0.2, 0.25) is 0 Å². The van der Waals surface area contributed by atoms with E-state index in [-0.39, 0.29) is 0 Å². The van der Waals surface area contributed by atoms with Crippen molar-refractivity contribution in [3.63, 3.8) is 0 Å². The zero-order chi connectivity index (χ0) is 12.3. The number of nitrogens with one attached hydrogen (secondary N) is 1. The molecule has 1 N–H and O–H groups in total. The van der Waals surface area contributed by atoms with Crippen molar-refractivity contribution in [1.29, 1.82) is 0 Å². The van der Waals surface area contributed by atoms with Gasteiger partial charge >= 0.3 is 0 Å². The van der Waals surface area contributed by atoms with Crippen molar-refractivity contribution in [3.05, 3.63) is 22.5 Å². The molecular formula is C11H17N3O2S. The Bertz CT molecular complexity index is 492. The molecule has 2 heterocycles. The maximum atomic E-state index is 5.25. The van der Waals surface area contributed by atoms with Crippen molar-refractivity contribution in [2.45, 2.75) is 20.4 Å². The number of aromatic nitrogens is 2. The predicted octanol–water partition coefficient (Wildman–Crippen LogP) is 1.68. The third-order valence-corrected chi connectivity index (χ3v) is 3.37. The lowest BCUT2D eigenvalue weighted by molar-refractivity contribution is 0.00282. The quantitative estimate of drug-likeness (QED) is 0.630. The van der Waals surface area contributed by atoms with Gasteiger partial charge in [-0.15, -0.1) is 11.3 Å². The van der Waals surface area contributed by atoms with Crippen LogP contribution in [0.1, 0.15) is 16.3 Å². The van der Waals surface area contributed by atoms with Crippen LogP contribution in [0.4, 0.5) is 0 Å². The number of aryl methyl sites for hydroxylation is 2. The molecule has 0 radical (unpaired) electrons. The van der Waals surface area contributed by atoms with E-state index in [9.17, 15) is 0 Å². The first-order chi connectivity index (χ1) is 8.22. The highest BCUT2D eigenvalue weighted by Gasteiger charge is 2.10. The second kappa shape index (κ2) is 5.59. The molecule has 0 saturated heterocycles. The fourth-order valence-electron chi connectivity index (χ4n) is 1.64. The number of hydroxylamine groups is 1. The van der Waals surface area contributed by atoms with Gasteiger partial charge in [-0.3, -0.25) is 9.24 Å². The van der Waals surface area contributed by atoms with Gasteiger partial charge in [0.1, 0.15) is 0 Å². The summed E-state index contributed by atoms with van der Waals surface area (Å²) in [5, 5.41) is 0. The Morgan fingerprint density at radius 2 is 2.24 bits per heavy atom. The molecule has 0 bridgehead atoms. The van der Waals surface area contributed by atoms with Gasteiger partial charge in [-0.2, -0.15) is 5.48 Å². The van der Waals surface area contributed by atoms with Gasteiger partial charge in [-0.1, -0.05) is 0 Å². The second-order valence-corrected chi connectivity index (χ2v) is 5.01. The van der Waals surface area contributed by atoms with Gasteiger partial charge in [-0.25, -0.2) is 4.98 Å². The number of ether oxygens (including phenoxy) is 1. The van der Waals surface area contributed by atoms with Gasteiger partial charge < -0.3 is 4.74 Å².